The highest BCUT2D eigenvalue weighted by Crippen LogP contribution is 2.21. The highest BCUT2D eigenvalue weighted by molar-refractivity contribution is 5.79. The van der Waals surface area contributed by atoms with Crippen molar-refractivity contribution in [3.8, 4) is 0 Å². The number of carbonyl (C=O) groups is 1. The highest BCUT2D eigenvalue weighted by Gasteiger charge is 2.13. The minimum absolute atomic E-state index is 0.00927. The number of rotatable bonds is 5. The number of hydroxylamine groups is 1. The summed E-state index contributed by atoms with van der Waals surface area (Å²) in [5, 5.41) is 11.6. The van der Waals surface area contributed by atoms with Crippen LogP contribution in [0.3, 0.4) is 0 Å². The molecule has 0 aliphatic carbocycles. The monoisotopic (exact) mass is 262 g/mol. The Labute approximate surface area is 111 Å². The Morgan fingerprint density at radius 1 is 1.37 bits per heavy atom. The average molecular weight is 262 g/mol. The van der Waals surface area contributed by atoms with E-state index in [9.17, 15) is 4.79 Å². The SMILES string of the molecule is CCc1nc2cccc(CC)n2c1NCC(=O)NO. The van der Waals surface area contributed by atoms with Crippen molar-refractivity contribution in [1.82, 2.24) is 14.9 Å². The third-order valence-corrected chi connectivity index (χ3v) is 3.03. The molecule has 2 rings (SSSR count). The summed E-state index contributed by atoms with van der Waals surface area (Å²) >= 11 is 0. The molecule has 102 valence electrons. The van der Waals surface area contributed by atoms with Crippen molar-refractivity contribution >= 4 is 17.4 Å². The third kappa shape index (κ3) is 2.53. The van der Waals surface area contributed by atoms with Crippen molar-refractivity contribution < 1.29 is 10.0 Å². The predicted molar refractivity (Wildman–Crippen MR) is 72.4 cm³/mol. The molecule has 0 saturated carbocycles. The number of aryl methyl sites for hydroxylation is 2. The van der Waals surface area contributed by atoms with Gasteiger partial charge >= 0.3 is 0 Å². The minimum Gasteiger partial charge on any atom is -0.360 e. The second kappa shape index (κ2) is 5.71. The van der Waals surface area contributed by atoms with Gasteiger partial charge in [-0.3, -0.25) is 14.4 Å². The smallest absolute Gasteiger partial charge is 0.262 e. The number of carbonyl (C=O) groups excluding carboxylic acids is 1. The molecule has 6 nitrogen and oxygen atoms in total. The molecule has 0 atom stereocenters. The fraction of sp³-hybridized carbons (Fsp3) is 0.385. The van der Waals surface area contributed by atoms with Gasteiger partial charge in [0.15, 0.2) is 0 Å². The number of hydrogen-bond acceptors (Lipinski definition) is 4. The van der Waals surface area contributed by atoms with Gasteiger partial charge in [0.25, 0.3) is 5.91 Å². The second-order valence-corrected chi connectivity index (χ2v) is 4.21. The van der Waals surface area contributed by atoms with Crippen molar-refractivity contribution in [2.24, 2.45) is 0 Å². The number of pyridine rings is 1. The number of anilines is 1. The molecule has 6 heteroatoms. The lowest BCUT2D eigenvalue weighted by Gasteiger charge is -2.10. The first-order valence-electron chi connectivity index (χ1n) is 6.37. The van der Waals surface area contributed by atoms with Crippen molar-refractivity contribution in [3.63, 3.8) is 0 Å². The lowest BCUT2D eigenvalue weighted by molar-refractivity contribution is -0.127. The number of nitrogens with one attached hydrogen (secondary N) is 2. The van der Waals surface area contributed by atoms with Crippen molar-refractivity contribution in [2.75, 3.05) is 11.9 Å². The van der Waals surface area contributed by atoms with Crippen LogP contribution in [0.25, 0.3) is 5.65 Å². The van der Waals surface area contributed by atoms with E-state index in [0.717, 1.165) is 35.7 Å². The lowest BCUT2D eigenvalue weighted by Crippen LogP contribution is -2.27. The highest BCUT2D eigenvalue weighted by atomic mass is 16.5. The van der Waals surface area contributed by atoms with Crippen LogP contribution in [0.2, 0.25) is 0 Å². The van der Waals surface area contributed by atoms with Crippen LogP contribution < -0.4 is 10.8 Å². The van der Waals surface area contributed by atoms with Gasteiger partial charge in [0.1, 0.15) is 11.5 Å². The molecular weight excluding hydrogens is 244 g/mol. The Morgan fingerprint density at radius 3 is 2.79 bits per heavy atom. The fourth-order valence-electron chi connectivity index (χ4n) is 2.11. The zero-order chi connectivity index (χ0) is 13.8. The Hall–Kier alpha value is -2.08. The van der Waals surface area contributed by atoms with Crippen LogP contribution in [0, 0.1) is 0 Å². The van der Waals surface area contributed by atoms with Gasteiger partial charge in [-0.2, -0.15) is 0 Å². The van der Waals surface area contributed by atoms with Crippen molar-refractivity contribution in [2.45, 2.75) is 26.7 Å². The zero-order valence-electron chi connectivity index (χ0n) is 11.1. The van der Waals surface area contributed by atoms with E-state index in [-0.39, 0.29) is 6.54 Å². The summed E-state index contributed by atoms with van der Waals surface area (Å²) in [6, 6.07) is 5.95. The summed E-state index contributed by atoms with van der Waals surface area (Å²) in [6.45, 7) is 4.10. The van der Waals surface area contributed by atoms with Crippen molar-refractivity contribution in [1.29, 1.82) is 0 Å². The summed E-state index contributed by atoms with van der Waals surface area (Å²) in [5.41, 5.74) is 4.51. The molecule has 2 heterocycles. The lowest BCUT2D eigenvalue weighted by atomic mass is 10.3. The molecule has 0 aliphatic heterocycles. The molecule has 0 bridgehead atoms. The summed E-state index contributed by atoms with van der Waals surface area (Å²) in [6.07, 6.45) is 1.64. The van der Waals surface area contributed by atoms with Gasteiger partial charge in [-0.05, 0) is 25.0 Å². The molecule has 0 aliphatic rings. The van der Waals surface area contributed by atoms with Gasteiger partial charge < -0.3 is 5.32 Å². The van der Waals surface area contributed by atoms with Crippen LogP contribution in [0.4, 0.5) is 5.82 Å². The number of amides is 1. The molecule has 0 radical (unpaired) electrons. The van der Waals surface area contributed by atoms with Gasteiger partial charge in [0.2, 0.25) is 0 Å². The van der Waals surface area contributed by atoms with Crippen LogP contribution in [0.15, 0.2) is 18.2 Å². The van der Waals surface area contributed by atoms with Crippen LogP contribution in [-0.2, 0) is 17.6 Å². The molecule has 0 spiro atoms. The van der Waals surface area contributed by atoms with E-state index in [0.29, 0.717) is 0 Å². The zero-order valence-corrected chi connectivity index (χ0v) is 11.1. The molecular formula is C13H18N4O2. The van der Waals surface area contributed by atoms with Gasteiger partial charge in [-0.15, -0.1) is 0 Å². The first-order valence-corrected chi connectivity index (χ1v) is 6.37. The number of hydrogen-bond donors (Lipinski definition) is 3. The summed E-state index contributed by atoms with van der Waals surface area (Å²) in [4.78, 5) is 15.7. The second-order valence-electron chi connectivity index (χ2n) is 4.21. The predicted octanol–water partition coefficient (Wildman–Crippen LogP) is 1.38. The Bertz CT molecular complexity index is 592. The van der Waals surface area contributed by atoms with E-state index < -0.39 is 5.91 Å². The number of fused-ring (bicyclic) bond motifs is 1. The number of imidazole rings is 1. The quantitative estimate of drug-likeness (QED) is 0.562. The molecule has 0 saturated heterocycles. The molecule has 1 amide bonds. The maximum atomic E-state index is 11.1. The summed E-state index contributed by atoms with van der Waals surface area (Å²) < 4.78 is 2.02. The van der Waals surface area contributed by atoms with Gasteiger partial charge in [0, 0.05) is 5.69 Å². The molecule has 2 aromatic heterocycles. The molecule has 0 fully saturated rings. The van der Waals surface area contributed by atoms with Crippen LogP contribution in [0.5, 0.6) is 0 Å². The van der Waals surface area contributed by atoms with E-state index >= 15 is 0 Å². The molecule has 3 N–H and O–H groups in total. The largest absolute Gasteiger partial charge is 0.360 e. The maximum absolute atomic E-state index is 11.1. The van der Waals surface area contributed by atoms with E-state index in [1.165, 1.54) is 0 Å². The van der Waals surface area contributed by atoms with E-state index in [1.54, 1.807) is 5.48 Å². The Morgan fingerprint density at radius 2 is 2.16 bits per heavy atom. The van der Waals surface area contributed by atoms with Gasteiger partial charge in [0.05, 0.1) is 12.2 Å². The summed E-state index contributed by atoms with van der Waals surface area (Å²) in [7, 11) is 0. The van der Waals surface area contributed by atoms with Crippen LogP contribution in [0.1, 0.15) is 25.2 Å². The van der Waals surface area contributed by atoms with Crippen molar-refractivity contribution in [3.05, 3.63) is 29.6 Å². The molecule has 19 heavy (non-hydrogen) atoms. The van der Waals surface area contributed by atoms with Crippen LogP contribution >= 0.6 is 0 Å². The molecule has 2 aromatic rings. The summed E-state index contributed by atoms with van der Waals surface area (Å²) in [5.74, 6) is 0.338. The van der Waals surface area contributed by atoms with E-state index in [2.05, 4.69) is 17.2 Å². The minimum atomic E-state index is -0.481. The first kappa shape index (κ1) is 13.4. The standard InChI is InChI=1S/C13H18N4O2/c1-3-9-6-5-7-11-15-10(4-2)13(17(9)11)14-8-12(18)16-19/h5-7,14,19H,3-4,8H2,1-2H3,(H,16,18). The Kier molecular flexibility index (Phi) is 4.01. The fourth-order valence-corrected chi connectivity index (χ4v) is 2.11. The van der Waals surface area contributed by atoms with Gasteiger partial charge in [-0.1, -0.05) is 19.9 Å². The van der Waals surface area contributed by atoms with Crippen LogP contribution in [-0.4, -0.2) is 27.0 Å². The average Bonchev–Trinajstić information content (AvgIpc) is 2.82. The number of aromatic nitrogens is 2. The van der Waals surface area contributed by atoms with E-state index in [4.69, 9.17) is 5.21 Å². The molecule has 0 aromatic carbocycles. The first-order chi connectivity index (χ1) is 9.21. The maximum Gasteiger partial charge on any atom is 0.262 e. The Balaban J connectivity index is 2.46. The van der Waals surface area contributed by atoms with Gasteiger partial charge in [-0.25, -0.2) is 10.5 Å². The normalized spacial score (nSPS) is 10.7. The number of nitrogens with zero attached hydrogens (tertiary/aromatic N) is 2. The topological polar surface area (TPSA) is 78.7 Å². The van der Waals surface area contributed by atoms with E-state index in [1.807, 2.05) is 29.5 Å². The molecule has 0 unspecified atom stereocenters. The third-order valence-electron chi connectivity index (χ3n) is 3.03.